The maximum absolute atomic E-state index is 12.1. The van der Waals surface area contributed by atoms with E-state index in [1.807, 2.05) is 23.9 Å². The molecule has 0 aliphatic heterocycles. The third kappa shape index (κ3) is 6.04. The van der Waals surface area contributed by atoms with Crippen LogP contribution in [0.3, 0.4) is 0 Å². The number of amides is 1. The molecule has 1 aromatic rings. The van der Waals surface area contributed by atoms with Gasteiger partial charge >= 0.3 is 0 Å². The van der Waals surface area contributed by atoms with Gasteiger partial charge in [0.15, 0.2) is 6.10 Å². The first-order valence-corrected chi connectivity index (χ1v) is 10.1. The third-order valence-electron chi connectivity index (χ3n) is 4.46. The van der Waals surface area contributed by atoms with Gasteiger partial charge in [0.05, 0.1) is 0 Å². The summed E-state index contributed by atoms with van der Waals surface area (Å²) >= 11 is 1.99. The zero-order valence-corrected chi connectivity index (χ0v) is 16.2. The van der Waals surface area contributed by atoms with Crippen LogP contribution in [0.15, 0.2) is 24.3 Å². The molecular weight excluding hydrogens is 318 g/mol. The van der Waals surface area contributed by atoms with Crippen LogP contribution >= 0.6 is 11.8 Å². The maximum Gasteiger partial charge on any atom is 0.260 e. The zero-order chi connectivity index (χ0) is 17.6. The number of thioether (sulfide) groups is 1. The van der Waals surface area contributed by atoms with Crippen molar-refractivity contribution in [1.29, 1.82) is 0 Å². The van der Waals surface area contributed by atoms with Crippen LogP contribution in [0.1, 0.15) is 58.9 Å². The first-order chi connectivity index (χ1) is 11.4. The van der Waals surface area contributed by atoms with Gasteiger partial charge < -0.3 is 10.1 Å². The Hall–Kier alpha value is -1.16. The summed E-state index contributed by atoms with van der Waals surface area (Å²) in [6, 6.07) is 8.02. The number of ether oxygens (including phenoxy) is 1. The Morgan fingerprint density at radius 3 is 2.46 bits per heavy atom. The number of hydrogen-bond donors (Lipinski definition) is 1. The van der Waals surface area contributed by atoms with Crippen LogP contribution < -0.4 is 10.1 Å². The largest absolute Gasteiger partial charge is 0.481 e. The second-order valence-corrected chi connectivity index (χ2v) is 9.01. The van der Waals surface area contributed by atoms with E-state index in [0.717, 1.165) is 23.3 Å². The van der Waals surface area contributed by atoms with E-state index in [9.17, 15) is 4.79 Å². The highest BCUT2D eigenvalue weighted by Gasteiger charge is 2.17. The number of benzene rings is 1. The molecule has 3 nitrogen and oxygen atoms in total. The van der Waals surface area contributed by atoms with Crippen LogP contribution in [0.25, 0.3) is 0 Å². The molecule has 0 saturated heterocycles. The molecule has 24 heavy (non-hydrogen) atoms. The van der Waals surface area contributed by atoms with Gasteiger partial charge in [0.1, 0.15) is 5.75 Å². The van der Waals surface area contributed by atoms with Crippen LogP contribution in [-0.4, -0.2) is 29.6 Å². The summed E-state index contributed by atoms with van der Waals surface area (Å²) in [7, 11) is 0. The normalized spacial score (nSPS) is 16.8. The van der Waals surface area contributed by atoms with Crippen LogP contribution in [-0.2, 0) is 10.2 Å². The van der Waals surface area contributed by atoms with Crippen LogP contribution in [0.2, 0.25) is 0 Å². The predicted molar refractivity (Wildman–Crippen MR) is 103 cm³/mol. The highest BCUT2D eigenvalue weighted by molar-refractivity contribution is 7.99. The second-order valence-electron chi connectivity index (χ2n) is 7.60. The highest BCUT2D eigenvalue weighted by atomic mass is 32.2. The van der Waals surface area contributed by atoms with E-state index in [2.05, 4.69) is 38.2 Å². The van der Waals surface area contributed by atoms with Crippen molar-refractivity contribution in [3.8, 4) is 5.75 Å². The van der Waals surface area contributed by atoms with Gasteiger partial charge in [0.2, 0.25) is 0 Å². The van der Waals surface area contributed by atoms with Gasteiger partial charge in [-0.3, -0.25) is 4.79 Å². The Balaban J connectivity index is 1.70. The molecule has 1 atom stereocenters. The Kier molecular flexibility index (Phi) is 7.02. The monoisotopic (exact) mass is 349 g/mol. The minimum Gasteiger partial charge on any atom is -0.481 e. The van der Waals surface area contributed by atoms with Crippen molar-refractivity contribution < 1.29 is 9.53 Å². The summed E-state index contributed by atoms with van der Waals surface area (Å²) < 4.78 is 5.76. The van der Waals surface area contributed by atoms with Crippen molar-refractivity contribution in [2.24, 2.45) is 0 Å². The second kappa shape index (κ2) is 8.80. The number of carbonyl (C=O) groups is 1. The summed E-state index contributed by atoms with van der Waals surface area (Å²) in [5, 5.41) is 3.78. The molecule has 1 amide bonds. The van der Waals surface area contributed by atoms with Gasteiger partial charge in [0.25, 0.3) is 5.91 Å². The average molecular weight is 350 g/mol. The van der Waals surface area contributed by atoms with E-state index in [0.29, 0.717) is 0 Å². The van der Waals surface area contributed by atoms with Crippen molar-refractivity contribution in [1.82, 2.24) is 5.32 Å². The van der Waals surface area contributed by atoms with E-state index in [-0.39, 0.29) is 11.3 Å². The van der Waals surface area contributed by atoms with Crippen molar-refractivity contribution in [2.75, 3.05) is 12.3 Å². The fraction of sp³-hybridized carbons (Fsp3) is 0.650. The molecular formula is C20H31NO2S. The van der Waals surface area contributed by atoms with Crippen LogP contribution in [0, 0.1) is 0 Å². The number of carbonyl (C=O) groups excluding carboxylic acids is 1. The minimum absolute atomic E-state index is 0.0399. The molecule has 1 aromatic carbocycles. The Bertz CT molecular complexity index is 515. The number of nitrogens with one attached hydrogen (secondary N) is 1. The van der Waals surface area contributed by atoms with E-state index >= 15 is 0 Å². The van der Waals surface area contributed by atoms with Crippen LogP contribution in [0.5, 0.6) is 5.75 Å². The first kappa shape index (κ1) is 19.2. The topological polar surface area (TPSA) is 38.3 Å². The third-order valence-corrected chi connectivity index (χ3v) is 5.84. The van der Waals surface area contributed by atoms with Gasteiger partial charge in [-0.1, -0.05) is 45.7 Å². The lowest BCUT2D eigenvalue weighted by atomic mass is 9.87. The fourth-order valence-electron chi connectivity index (χ4n) is 2.89. The van der Waals surface area contributed by atoms with Crippen molar-refractivity contribution in [3.63, 3.8) is 0 Å². The Morgan fingerprint density at radius 1 is 1.25 bits per heavy atom. The van der Waals surface area contributed by atoms with Crippen LogP contribution in [0.4, 0.5) is 0 Å². The van der Waals surface area contributed by atoms with Gasteiger partial charge in [0, 0.05) is 17.5 Å². The fourth-order valence-corrected chi connectivity index (χ4v) is 4.11. The summed E-state index contributed by atoms with van der Waals surface area (Å²) in [6.45, 7) is 9.07. The number of rotatable bonds is 7. The highest BCUT2D eigenvalue weighted by Crippen LogP contribution is 2.29. The Morgan fingerprint density at radius 2 is 1.88 bits per heavy atom. The smallest absolute Gasteiger partial charge is 0.260 e. The van der Waals surface area contributed by atoms with Gasteiger partial charge in [-0.2, -0.15) is 11.8 Å². The standard InChI is InChI=1S/C20H31NO2S/c1-15(19(22)21-13-14-24-18-7-5-6-8-18)23-17-11-9-16(10-12-17)20(2,3)4/h9-12,15,18H,5-8,13-14H2,1-4H3,(H,21,22)/t15-/m0/s1. The molecule has 1 N–H and O–H groups in total. The molecule has 0 aromatic heterocycles. The molecule has 134 valence electrons. The molecule has 0 spiro atoms. The minimum atomic E-state index is -0.470. The van der Waals surface area contributed by atoms with Crippen molar-refractivity contribution >= 4 is 17.7 Å². The van der Waals surface area contributed by atoms with E-state index < -0.39 is 6.10 Å². The molecule has 1 fully saturated rings. The SMILES string of the molecule is C[C@H](Oc1ccc(C(C)(C)C)cc1)C(=O)NCCSC1CCCC1. The molecule has 1 saturated carbocycles. The van der Waals surface area contributed by atoms with E-state index in [4.69, 9.17) is 4.74 Å². The lowest BCUT2D eigenvalue weighted by Crippen LogP contribution is -2.37. The van der Waals surface area contributed by atoms with Gasteiger partial charge in [-0.15, -0.1) is 0 Å². The lowest BCUT2D eigenvalue weighted by Gasteiger charge is -2.20. The molecule has 4 heteroatoms. The molecule has 0 heterocycles. The van der Waals surface area contributed by atoms with E-state index in [1.54, 1.807) is 6.92 Å². The van der Waals surface area contributed by atoms with Gasteiger partial charge in [-0.25, -0.2) is 0 Å². The molecule has 0 unspecified atom stereocenters. The van der Waals surface area contributed by atoms with Gasteiger partial charge in [-0.05, 0) is 42.9 Å². The maximum atomic E-state index is 12.1. The first-order valence-electron chi connectivity index (χ1n) is 9.03. The van der Waals surface area contributed by atoms with Crippen molar-refractivity contribution in [2.45, 2.75) is 70.1 Å². The summed E-state index contributed by atoms with van der Waals surface area (Å²) in [5.74, 6) is 1.69. The predicted octanol–water partition coefficient (Wildman–Crippen LogP) is 4.54. The molecule has 1 aliphatic carbocycles. The molecule has 0 radical (unpaired) electrons. The molecule has 2 rings (SSSR count). The lowest BCUT2D eigenvalue weighted by molar-refractivity contribution is -0.127. The average Bonchev–Trinajstić information content (AvgIpc) is 3.04. The molecule has 0 bridgehead atoms. The number of hydrogen-bond acceptors (Lipinski definition) is 3. The Labute approximate surface area is 150 Å². The van der Waals surface area contributed by atoms with Crippen molar-refractivity contribution in [3.05, 3.63) is 29.8 Å². The summed E-state index contributed by atoms with van der Waals surface area (Å²) in [5.41, 5.74) is 1.38. The van der Waals surface area contributed by atoms with E-state index in [1.165, 1.54) is 31.2 Å². The molecule has 1 aliphatic rings. The quantitative estimate of drug-likeness (QED) is 0.734. The zero-order valence-electron chi connectivity index (χ0n) is 15.4. The summed E-state index contributed by atoms with van der Waals surface area (Å²) in [4.78, 5) is 12.1. The summed E-state index contributed by atoms with van der Waals surface area (Å²) in [6.07, 6.45) is 4.93.